The van der Waals surface area contributed by atoms with E-state index < -0.39 is 0 Å². The number of amides is 2. The van der Waals surface area contributed by atoms with Crippen LogP contribution in [0.3, 0.4) is 0 Å². The maximum Gasteiger partial charge on any atom is 0.261 e. The molecule has 0 aliphatic carbocycles. The maximum atomic E-state index is 12.7. The van der Waals surface area contributed by atoms with Crippen LogP contribution in [0, 0.1) is 0 Å². The number of nitrogens with one attached hydrogen (secondary N) is 1. The van der Waals surface area contributed by atoms with Crippen LogP contribution in [0.5, 0.6) is 0 Å². The number of anilines is 1. The Bertz CT molecular complexity index is 750. The largest absolute Gasteiger partial charge is 0.398 e. The van der Waals surface area contributed by atoms with Gasteiger partial charge in [0.2, 0.25) is 0 Å². The van der Waals surface area contributed by atoms with Gasteiger partial charge in [0.1, 0.15) is 0 Å². The van der Waals surface area contributed by atoms with Crippen LogP contribution in [0.4, 0.5) is 5.69 Å². The third kappa shape index (κ3) is 2.67. The van der Waals surface area contributed by atoms with Gasteiger partial charge in [0.05, 0.1) is 0 Å². The van der Waals surface area contributed by atoms with E-state index in [4.69, 9.17) is 11.5 Å². The Morgan fingerprint density at radius 2 is 1.74 bits per heavy atom. The minimum Gasteiger partial charge on any atom is -0.398 e. The molecule has 2 aromatic rings. The predicted octanol–water partition coefficient (Wildman–Crippen LogP) is 0.956. The molecule has 6 nitrogen and oxygen atoms in total. The van der Waals surface area contributed by atoms with E-state index in [1.165, 1.54) is 4.90 Å². The second-order valence-corrected chi connectivity index (χ2v) is 5.58. The maximum absolute atomic E-state index is 12.7. The minimum absolute atomic E-state index is 0.265. The van der Waals surface area contributed by atoms with Gasteiger partial charge >= 0.3 is 0 Å². The number of carbonyl (C=O) groups is 2. The monoisotopic (exact) mass is 312 g/mol. The number of hydrogen-bond donors (Lipinski definition) is 3. The van der Waals surface area contributed by atoms with E-state index in [1.807, 2.05) is 6.07 Å². The lowest BCUT2D eigenvalue weighted by atomic mass is 9.93. The molecule has 0 radical (unpaired) electrons. The number of hydrogen-bond acceptors (Lipinski definition) is 5. The van der Waals surface area contributed by atoms with Crippen molar-refractivity contribution in [2.45, 2.75) is 6.42 Å². The first-order valence-electron chi connectivity index (χ1n) is 7.73. The fourth-order valence-electron chi connectivity index (χ4n) is 2.91. The fraction of sp³-hybridized carbons (Fsp3) is 0.294. The molecule has 1 aliphatic rings. The van der Waals surface area contributed by atoms with E-state index in [0.29, 0.717) is 41.8 Å². The fourth-order valence-corrected chi connectivity index (χ4v) is 2.91. The lowest BCUT2D eigenvalue weighted by Crippen LogP contribution is -2.44. The highest BCUT2D eigenvalue weighted by Crippen LogP contribution is 2.32. The summed E-state index contributed by atoms with van der Waals surface area (Å²) < 4.78 is 0. The van der Waals surface area contributed by atoms with Crippen LogP contribution in [-0.4, -0.2) is 42.9 Å². The quantitative estimate of drug-likeness (QED) is 0.419. The Morgan fingerprint density at radius 1 is 1.00 bits per heavy atom. The molecule has 6 heteroatoms. The van der Waals surface area contributed by atoms with Gasteiger partial charge in [-0.2, -0.15) is 0 Å². The molecule has 2 aromatic carbocycles. The smallest absolute Gasteiger partial charge is 0.261 e. The SMILES string of the molecule is NCCCNCCN1C(=O)c2cccc3c(N)ccc(c23)C1=O. The molecule has 120 valence electrons. The summed E-state index contributed by atoms with van der Waals surface area (Å²) in [5, 5.41) is 4.60. The molecule has 1 heterocycles. The number of nitrogens with two attached hydrogens (primary N) is 2. The topological polar surface area (TPSA) is 101 Å². The van der Waals surface area contributed by atoms with Crippen LogP contribution < -0.4 is 16.8 Å². The van der Waals surface area contributed by atoms with Crippen LogP contribution in [0.15, 0.2) is 30.3 Å². The molecule has 0 fully saturated rings. The van der Waals surface area contributed by atoms with Crippen LogP contribution in [0.25, 0.3) is 10.8 Å². The van der Waals surface area contributed by atoms with Gasteiger partial charge in [-0.25, -0.2) is 0 Å². The average Bonchev–Trinajstić information content (AvgIpc) is 2.56. The summed E-state index contributed by atoms with van der Waals surface area (Å²) in [5.74, 6) is -0.529. The van der Waals surface area contributed by atoms with Gasteiger partial charge in [0.25, 0.3) is 11.8 Å². The van der Waals surface area contributed by atoms with Crippen molar-refractivity contribution in [2.24, 2.45) is 5.73 Å². The highest BCUT2D eigenvalue weighted by atomic mass is 16.2. The van der Waals surface area contributed by atoms with Gasteiger partial charge < -0.3 is 16.8 Å². The molecular formula is C17H20N4O2. The second-order valence-electron chi connectivity index (χ2n) is 5.58. The summed E-state index contributed by atoms with van der Waals surface area (Å²) in [6, 6.07) is 8.79. The lowest BCUT2D eigenvalue weighted by molar-refractivity contribution is 0.0612. The number of benzene rings is 2. The van der Waals surface area contributed by atoms with E-state index in [1.54, 1.807) is 24.3 Å². The second kappa shape index (κ2) is 6.36. The number of rotatable bonds is 6. The van der Waals surface area contributed by atoms with Crippen molar-refractivity contribution in [3.63, 3.8) is 0 Å². The van der Waals surface area contributed by atoms with E-state index in [-0.39, 0.29) is 11.8 Å². The molecule has 0 unspecified atom stereocenters. The number of nitrogen functional groups attached to an aromatic ring is 1. The van der Waals surface area contributed by atoms with Crippen LogP contribution >= 0.6 is 0 Å². The molecule has 1 aliphatic heterocycles. The zero-order valence-electron chi connectivity index (χ0n) is 12.8. The molecule has 0 atom stereocenters. The van der Waals surface area contributed by atoms with Crippen molar-refractivity contribution < 1.29 is 9.59 Å². The molecule has 2 amide bonds. The summed E-state index contributed by atoms with van der Waals surface area (Å²) in [6.45, 7) is 2.28. The van der Waals surface area contributed by atoms with E-state index in [2.05, 4.69) is 5.32 Å². The first-order chi connectivity index (χ1) is 11.1. The van der Waals surface area contributed by atoms with Crippen molar-refractivity contribution in [1.82, 2.24) is 10.2 Å². The van der Waals surface area contributed by atoms with Crippen LogP contribution in [0.1, 0.15) is 27.1 Å². The third-order valence-electron chi connectivity index (χ3n) is 4.10. The molecule has 0 bridgehead atoms. The summed E-state index contributed by atoms with van der Waals surface area (Å²) in [4.78, 5) is 26.6. The molecule has 23 heavy (non-hydrogen) atoms. The Morgan fingerprint density at radius 3 is 2.48 bits per heavy atom. The Balaban J connectivity index is 1.89. The van der Waals surface area contributed by atoms with Crippen molar-refractivity contribution in [3.8, 4) is 0 Å². The van der Waals surface area contributed by atoms with Gasteiger partial charge in [-0.3, -0.25) is 14.5 Å². The summed E-state index contributed by atoms with van der Waals surface area (Å²) in [5.41, 5.74) is 13.0. The van der Waals surface area contributed by atoms with E-state index in [9.17, 15) is 9.59 Å². The molecule has 0 spiro atoms. The molecule has 3 rings (SSSR count). The molecule has 0 aromatic heterocycles. The van der Waals surface area contributed by atoms with E-state index in [0.717, 1.165) is 18.4 Å². The minimum atomic E-state index is -0.265. The van der Waals surface area contributed by atoms with Crippen molar-refractivity contribution in [1.29, 1.82) is 0 Å². The number of nitrogens with zero attached hydrogens (tertiary/aromatic N) is 1. The average molecular weight is 312 g/mol. The molecular weight excluding hydrogens is 292 g/mol. The summed E-state index contributed by atoms with van der Waals surface area (Å²) in [6.07, 6.45) is 0.864. The normalized spacial score (nSPS) is 13.9. The first-order valence-corrected chi connectivity index (χ1v) is 7.73. The first kappa shape index (κ1) is 15.5. The molecule has 5 N–H and O–H groups in total. The Kier molecular flexibility index (Phi) is 4.27. The number of imide groups is 1. The standard InChI is InChI=1S/C17H20N4O2/c18-7-2-8-20-9-10-21-16(22)12-4-1-3-11-14(19)6-5-13(15(11)12)17(21)23/h1,3-6,20H,2,7-10,18-19H2. The molecule has 0 saturated heterocycles. The van der Waals surface area contributed by atoms with Crippen molar-refractivity contribution in [2.75, 3.05) is 31.9 Å². The van der Waals surface area contributed by atoms with Gasteiger partial charge in [0.15, 0.2) is 0 Å². The zero-order chi connectivity index (χ0) is 16.4. The lowest BCUT2D eigenvalue weighted by Gasteiger charge is -2.27. The van der Waals surface area contributed by atoms with Crippen molar-refractivity contribution >= 4 is 28.3 Å². The van der Waals surface area contributed by atoms with Crippen LogP contribution in [-0.2, 0) is 0 Å². The number of carbonyl (C=O) groups excluding carboxylic acids is 2. The highest BCUT2D eigenvalue weighted by molar-refractivity contribution is 6.26. The highest BCUT2D eigenvalue weighted by Gasteiger charge is 2.32. The predicted molar refractivity (Wildman–Crippen MR) is 90.3 cm³/mol. The van der Waals surface area contributed by atoms with Crippen molar-refractivity contribution in [3.05, 3.63) is 41.5 Å². The molecule has 0 saturated carbocycles. The van der Waals surface area contributed by atoms with Crippen LogP contribution in [0.2, 0.25) is 0 Å². The van der Waals surface area contributed by atoms with Gasteiger partial charge in [-0.05, 0) is 37.7 Å². The third-order valence-corrected chi connectivity index (χ3v) is 4.10. The van der Waals surface area contributed by atoms with E-state index >= 15 is 0 Å². The zero-order valence-corrected chi connectivity index (χ0v) is 12.8. The summed E-state index contributed by atoms with van der Waals surface area (Å²) >= 11 is 0. The van der Waals surface area contributed by atoms with Gasteiger partial charge in [0, 0.05) is 40.7 Å². The van der Waals surface area contributed by atoms with Gasteiger partial charge in [-0.15, -0.1) is 0 Å². The Hall–Kier alpha value is -2.44. The Labute approximate surface area is 134 Å². The summed E-state index contributed by atoms with van der Waals surface area (Å²) in [7, 11) is 0. The van der Waals surface area contributed by atoms with Gasteiger partial charge in [-0.1, -0.05) is 12.1 Å².